The Bertz CT molecular complexity index is 1110. The molecule has 1 amide bonds. The second-order valence-corrected chi connectivity index (χ2v) is 9.92. The van der Waals surface area contributed by atoms with E-state index < -0.39 is 11.5 Å². The molecule has 2 aliphatic rings. The van der Waals surface area contributed by atoms with Gasteiger partial charge in [0.2, 0.25) is 0 Å². The highest BCUT2D eigenvalue weighted by molar-refractivity contribution is 6.02. The quantitative estimate of drug-likeness (QED) is 0.593. The molecular weight excluding hydrogens is 434 g/mol. The molecule has 2 N–H and O–H groups in total. The topological polar surface area (TPSA) is 91.1 Å². The minimum atomic E-state index is -0.440. The summed E-state index contributed by atoms with van der Waals surface area (Å²) in [5.74, 6) is 0.182. The Labute approximate surface area is 199 Å². The van der Waals surface area contributed by atoms with Crippen LogP contribution in [0.1, 0.15) is 53.1 Å². The Kier molecular flexibility index (Phi) is 7.19. The average molecular weight is 469 g/mol. The molecule has 8 heteroatoms. The predicted octanol–water partition coefficient (Wildman–Crippen LogP) is 1.04. The van der Waals surface area contributed by atoms with Gasteiger partial charge in [-0.1, -0.05) is 13.8 Å². The van der Waals surface area contributed by atoms with Gasteiger partial charge in [-0.05, 0) is 42.2 Å². The Morgan fingerprint density at radius 3 is 2.53 bits per heavy atom. The van der Waals surface area contributed by atoms with Crippen LogP contribution >= 0.6 is 0 Å². The van der Waals surface area contributed by atoms with Crippen molar-refractivity contribution in [2.45, 2.75) is 33.1 Å². The van der Waals surface area contributed by atoms with Crippen LogP contribution in [0.4, 0.5) is 0 Å². The Morgan fingerprint density at radius 2 is 1.85 bits per heavy atom. The molecule has 34 heavy (non-hydrogen) atoms. The molecule has 0 saturated carbocycles. The number of nitrogens with one attached hydrogen (secondary N) is 2. The molecule has 0 bridgehead atoms. The number of Topliss-reactive ketones (excluding diaryl/α,β-unsaturated/α-hetero) is 1. The molecule has 182 valence electrons. The smallest absolute Gasteiger partial charge is 0.268 e. The van der Waals surface area contributed by atoms with Crippen molar-refractivity contribution >= 4 is 11.7 Å². The van der Waals surface area contributed by atoms with E-state index in [1.807, 2.05) is 13.8 Å². The van der Waals surface area contributed by atoms with E-state index in [4.69, 9.17) is 9.47 Å². The minimum absolute atomic E-state index is 0.00124. The third-order valence-electron chi connectivity index (χ3n) is 6.66. The van der Waals surface area contributed by atoms with Gasteiger partial charge < -0.3 is 19.7 Å². The molecule has 1 saturated heterocycles. The number of aromatic nitrogens is 1. The zero-order chi connectivity index (χ0) is 24.3. The SMILES string of the molecule is COc1ccc(-n2c3c(cc(C(=O)NCCC[NH+]4CCOCC4)c2=O)C(=O)CC(C)(C)C3)cc1. The van der Waals surface area contributed by atoms with Crippen LogP contribution in [0.25, 0.3) is 5.69 Å². The lowest BCUT2D eigenvalue weighted by Gasteiger charge is -2.32. The maximum absolute atomic E-state index is 13.6. The first-order chi connectivity index (χ1) is 16.3. The van der Waals surface area contributed by atoms with Gasteiger partial charge in [-0.3, -0.25) is 19.0 Å². The summed E-state index contributed by atoms with van der Waals surface area (Å²) in [5.41, 5.74) is 1.04. The number of quaternary nitrogens is 1. The largest absolute Gasteiger partial charge is 0.497 e. The number of carbonyl (C=O) groups excluding carboxylic acids is 2. The summed E-state index contributed by atoms with van der Waals surface area (Å²) in [4.78, 5) is 41.1. The first kappa shape index (κ1) is 24.2. The van der Waals surface area contributed by atoms with Crippen molar-refractivity contribution < 1.29 is 24.0 Å². The number of amides is 1. The fraction of sp³-hybridized carbons (Fsp3) is 0.500. The summed E-state index contributed by atoms with van der Waals surface area (Å²) in [6, 6.07) is 8.59. The van der Waals surface area contributed by atoms with E-state index in [-0.39, 0.29) is 16.8 Å². The maximum Gasteiger partial charge on any atom is 0.268 e. The van der Waals surface area contributed by atoms with Gasteiger partial charge in [0, 0.05) is 36.3 Å². The van der Waals surface area contributed by atoms with Crippen molar-refractivity contribution in [3.63, 3.8) is 0 Å². The number of hydrogen-bond donors (Lipinski definition) is 2. The van der Waals surface area contributed by atoms with Crippen LogP contribution in [-0.2, 0) is 11.2 Å². The second-order valence-electron chi connectivity index (χ2n) is 9.92. The normalized spacial score (nSPS) is 17.8. The lowest BCUT2D eigenvalue weighted by molar-refractivity contribution is -0.908. The molecule has 0 unspecified atom stereocenters. The summed E-state index contributed by atoms with van der Waals surface area (Å²) >= 11 is 0. The number of ketones is 1. The Hall–Kier alpha value is -2.97. The van der Waals surface area contributed by atoms with Crippen molar-refractivity contribution in [2.75, 3.05) is 46.5 Å². The first-order valence-corrected chi connectivity index (χ1v) is 12.0. The second kappa shape index (κ2) is 10.1. The average Bonchev–Trinajstić information content (AvgIpc) is 2.81. The molecule has 1 aliphatic heterocycles. The summed E-state index contributed by atoms with van der Waals surface area (Å²) in [6.07, 6.45) is 1.76. The van der Waals surface area contributed by atoms with Gasteiger partial charge >= 0.3 is 0 Å². The van der Waals surface area contributed by atoms with E-state index in [9.17, 15) is 14.4 Å². The summed E-state index contributed by atoms with van der Waals surface area (Å²) in [5, 5.41) is 2.89. The van der Waals surface area contributed by atoms with E-state index in [1.54, 1.807) is 31.4 Å². The molecule has 1 aromatic heterocycles. The van der Waals surface area contributed by atoms with Gasteiger partial charge in [-0.15, -0.1) is 0 Å². The van der Waals surface area contributed by atoms with Crippen molar-refractivity contribution in [3.8, 4) is 11.4 Å². The summed E-state index contributed by atoms with van der Waals surface area (Å²) in [6.45, 7) is 8.95. The van der Waals surface area contributed by atoms with Crippen molar-refractivity contribution in [2.24, 2.45) is 5.41 Å². The summed E-state index contributed by atoms with van der Waals surface area (Å²) in [7, 11) is 1.58. The van der Waals surface area contributed by atoms with Crippen LogP contribution in [0.2, 0.25) is 0 Å². The molecule has 1 aromatic carbocycles. The first-order valence-electron chi connectivity index (χ1n) is 12.0. The van der Waals surface area contributed by atoms with E-state index in [0.717, 1.165) is 39.3 Å². The number of benzene rings is 1. The number of nitrogens with zero attached hydrogens (tertiary/aromatic N) is 1. The maximum atomic E-state index is 13.6. The minimum Gasteiger partial charge on any atom is -0.497 e. The molecule has 2 aromatic rings. The number of morpholine rings is 1. The molecule has 0 spiro atoms. The van der Waals surface area contributed by atoms with Crippen LogP contribution in [0.15, 0.2) is 35.1 Å². The number of hydrogen-bond acceptors (Lipinski definition) is 5. The number of carbonyl (C=O) groups is 2. The molecule has 0 radical (unpaired) electrons. The number of ether oxygens (including phenoxy) is 2. The fourth-order valence-electron chi connectivity index (χ4n) is 4.83. The molecule has 2 heterocycles. The van der Waals surface area contributed by atoms with Gasteiger partial charge in [0.25, 0.3) is 11.5 Å². The van der Waals surface area contributed by atoms with E-state index in [1.165, 1.54) is 15.5 Å². The number of pyridine rings is 1. The van der Waals surface area contributed by atoms with Crippen molar-refractivity contribution in [3.05, 3.63) is 57.5 Å². The van der Waals surface area contributed by atoms with Crippen LogP contribution in [-0.4, -0.2) is 62.8 Å². The number of rotatable bonds is 7. The van der Waals surface area contributed by atoms with E-state index in [2.05, 4.69) is 5.32 Å². The van der Waals surface area contributed by atoms with Crippen LogP contribution < -0.4 is 20.5 Å². The number of methoxy groups -OCH3 is 1. The van der Waals surface area contributed by atoms with Crippen LogP contribution in [0.5, 0.6) is 5.75 Å². The van der Waals surface area contributed by atoms with Gasteiger partial charge in [0.1, 0.15) is 24.4 Å². The molecule has 0 atom stereocenters. The molecule has 1 fully saturated rings. The molecular formula is C26H34N3O5+. The van der Waals surface area contributed by atoms with E-state index in [0.29, 0.717) is 42.1 Å². The van der Waals surface area contributed by atoms with E-state index >= 15 is 0 Å². The lowest BCUT2D eigenvalue weighted by Crippen LogP contribution is -3.14. The Morgan fingerprint density at radius 1 is 1.15 bits per heavy atom. The number of fused-ring (bicyclic) bond motifs is 1. The molecule has 8 nitrogen and oxygen atoms in total. The third kappa shape index (κ3) is 5.23. The van der Waals surface area contributed by atoms with Crippen LogP contribution in [0, 0.1) is 5.41 Å². The standard InChI is InChI=1S/C26H33N3O5/c1-26(2)16-22-20(23(30)17-26)15-21(24(31)27-9-4-10-28-11-13-34-14-12-28)25(32)29(22)18-5-7-19(33-3)8-6-18/h5-8,15H,4,9-14,16-17H2,1-3H3,(H,27,31)/p+1. The van der Waals surface area contributed by atoms with Gasteiger partial charge in [0.05, 0.1) is 26.9 Å². The van der Waals surface area contributed by atoms with Crippen molar-refractivity contribution in [1.82, 2.24) is 9.88 Å². The van der Waals surface area contributed by atoms with Crippen LogP contribution in [0.3, 0.4) is 0 Å². The third-order valence-corrected chi connectivity index (χ3v) is 6.66. The Balaban J connectivity index is 1.62. The molecule has 4 rings (SSSR count). The zero-order valence-electron chi connectivity index (χ0n) is 20.2. The van der Waals surface area contributed by atoms with Crippen molar-refractivity contribution in [1.29, 1.82) is 0 Å². The summed E-state index contributed by atoms with van der Waals surface area (Å²) < 4.78 is 12.2. The predicted molar refractivity (Wildman–Crippen MR) is 128 cm³/mol. The van der Waals surface area contributed by atoms with Gasteiger partial charge in [0.15, 0.2) is 5.78 Å². The fourth-order valence-corrected chi connectivity index (χ4v) is 4.83. The lowest BCUT2D eigenvalue weighted by atomic mass is 9.75. The highest BCUT2D eigenvalue weighted by Crippen LogP contribution is 2.35. The zero-order valence-corrected chi connectivity index (χ0v) is 20.2. The highest BCUT2D eigenvalue weighted by Gasteiger charge is 2.35. The van der Waals surface area contributed by atoms with Gasteiger partial charge in [-0.2, -0.15) is 0 Å². The molecule has 1 aliphatic carbocycles. The highest BCUT2D eigenvalue weighted by atomic mass is 16.5. The van der Waals surface area contributed by atoms with Gasteiger partial charge in [-0.25, -0.2) is 0 Å². The monoisotopic (exact) mass is 468 g/mol.